The molecule has 178 valence electrons. The van der Waals surface area contributed by atoms with Crippen LogP contribution in [0.2, 0.25) is 20.1 Å². The van der Waals surface area contributed by atoms with E-state index in [-0.39, 0.29) is 21.5 Å². The molecule has 0 heterocycles. The summed E-state index contributed by atoms with van der Waals surface area (Å²) in [4.78, 5) is 0. The van der Waals surface area contributed by atoms with Crippen molar-refractivity contribution < 1.29 is 10.2 Å². The molecule has 0 saturated heterocycles. The maximum absolute atomic E-state index is 8.85. The molecule has 0 aliphatic rings. The lowest BCUT2D eigenvalue weighted by Crippen LogP contribution is -1.78. The predicted octanol–water partition coefficient (Wildman–Crippen LogP) is 10.2. The van der Waals surface area contributed by atoms with Gasteiger partial charge in [0.05, 0.1) is 10.0 Å². The van der Waals surface area contributed by atoms with Crippen LogP contribution in [0.4, 0.5) is 0 Å². The summed E-state index contributed by atoms with van der Waals surface area (Å²) in [6.07, 6.45) is 0. The minimum Gasteiger partial charge on any atom is -0.506 e. The first-order chi connectivity index (χ1) is 16.3. The molecular formula is C26H22Cl4O2S2. The Morgan fingerprint density at radius 1 is 0.500 bits per heavy atom. The zero-order valence-corrected chi connectivity index (χ0v) is 22.5. The highest BCUT2D eigenvalue weighted by atomic mass is 35.5. The summed E-state index contributed by atoms with van der Waals surface area (Å²) in [6, 6.07) is 30.2. The molecule has 0 unspecified atom stereocenters. The van der Waals surface area contributed by atoms with Gasteiger partial charge in [-0.25, -0.2) is 0 Å². The molecule has 0 fully saturated rings. The smallest absolute Gasteiger partial charge is 0.134 e. The number of hydrogen-bond donors (Lipinski definition) is 2. The Labute approximate surface area is 228 Å². The van der Waals surface area contributed by atoms with E-state index in [0.29, 0.717) is 10.0 Å². The van der Waals surface area contributed by atoms with Crippen LogP contribution in [-0.2, 0) is 11.5 Å². The first kappa shape index (κ1) is 28.6. The molecular weight excluding hydrogens is 550 g/mol. The van der Waals surface area contributed by atoms with E-state index in [1.54, 1.807) is 12.1 Å². The van der Waals surface area contributed by atoms with Gasteiger partial charge in [0.15, 0.2) is 0 Å². The van der Waals surface area contributed by atoms with Gasteiger partial charge in [-0.2, -0.15) is 0 Å². The van der Waals surface area contributed by atoms with Gasteiger partial charge in [-0.05, 0) is 47.5 Å². The molecule has 0 aliphatic heterocycles. The van der Waals surface area contributed by atoms with Crippen LogP contribution in [0.3, 0.4) is 0 Å². The molecule has 4 aromatic carbocycles. The molecule has 0 amide bonds. The highest BCUT2D eigenvalue weighted by Gasteiger charge is 1.97. The Morgan fingerprint density at radius 3 is 1.15 bits per heavy atom. The second-order valence-corrected chi connectivity index (χ2v) is 10.8. The third-order valence-electron chi connectivity index (χ3n) is 4.04. The van der Waals surface area contributed by atoms with E-state index in [1.165, 1.54) is 35.4 Å². The number of hydrogen-bond acceptors (Lipinski definition) is 4. The summed E-state index contributed by atoms with van der Waals surface area (Å²) in [5, 5.41) is 19.3. The Balaban J connectivity index is 0.000000194. The zero-order valence-electron chi connectivity index (χ0n) is 17.9. The zero-order chi connectivity index (χ0) is 24.8. The number of halogens is 4. The molecule has 8 heteroatoms. The summed E-state index contributed by atoms with van der Waals surface area (Å²) in [5.74, 6) is 2.28. The second-order valence-electron chi connectivity index (χ2n) is 6.69. The van der Waals surface area contributed by atoms with Crippen molar-refractivity contribution in [2.45, 2.75) is 11.5 Å². The molecule has 2 nitrogen and oxygen atoms in total. The van der Waals surface area contributed by atoms with Crippen LogP contribution in [0.15, 0.2) is 97.1 Å². The van der Waals surface area contributed by atoms with Gasteiger partial charge in [-0.15, -0.1) is 0 Å². The third-order valence-corrected chi connectivity index (χ3v) is 7.39. The van der Waals surface area contributed by atoms with E-state index >= 15 is 0 Å². The van der Waals surface area contributed by atoms with Crippen LogP contribution in [-0.4, -0.2) is 10.2 Å². The number of aromatic hydroxyl groups is 2. The van der Waals surface area contributed by atoms with Crippen molar-refractivity contribution >= 4 is 68.0 Å². The maximum atomic E-state index is 8.85. The highest BCUT2D eigenvalue weighted by Crippen LogP contribution is 2.29. The van der Waals surface area contributed by atoms with E-state index in [2.05, 4.69) is 60.7 Å². The highest BCUT2D eigenvalue weighted by molar-refractivity contribution is 8.76. The van der Waals surface area contributed by atoms with E-state index in [0.717, 1.165) is 11.5 Å². The number of benzene rings is 4. The molecule has 0 aliphatic carbocycles. The van der Waals surface area contributed by atoms with Crippen molar-refractivity contribution in [2.24, 2.45) is 0 Å². The quantitative estimate of drug-likeness (QED) is 0.184. The van der Waals surface area contributed by atoms with Gasteiger partial charge in [0.25, 0.3) is 0 Å². The largest absolute Gasteiger partial charge is 0.506 e. The van der Waals surface area contributed by atoms with Gasteiger partial charge >= 0.3 is 0 Å². The minimum atomic E-state index is 0.0565. The average molecular weight is 572 g/mol. The molecule has 34 heavy (non-hydrogen) atoms. The van der Waals surface area contributed by atoms with Gasteiger partial charge in [-0.3, -0.25) is 0 Å². The molecule has 0 spiro atoms. The van der Waals surface area contributed by atoms with Gasteiger partial charge < -0.3 is 10.2 Å². The fourth-order valence-electron chi connectivity index (χ4n) is 2.33. The van der Waals surface area contributed by atoms with Crippen molar-refractivity contribution in [3.63, 3.8) is 0 Å². The molecule has 0 saturated carbocycles. The van der Waals surface area contributed by atoms with Crippen LogP contribution >= 0.6 is 68.0 Å². The lowest BCUT2D eigenvalue weighted by molar-refractivity contribution is 0.475. The number of rotatable bonds is 5. The van der Waals surface area contributed by atoms with Crippen molar-refractivity contribution in [3.05, 3.63) is 128 Å². The van der Waals surface area contributed by atoms with E-state index in [4.69, 9.17) is 56.6 Å². The van der Waals surface area contributed by atoms with Crippen LogP contribution in [0, 0.1) is 0 Å². The Kier molecular flexibility index (Phi) is 13.5. The van der Waals surface area contributed by atoms with Crippen molar-refractivity contribution in [2.75, 3.05) is 0 Å². The summed E-state index contributed by atoms with van der Waals surface area (Å²) >= 11 is 22.0. The van der Waals surface area contributed by atoms with Crippen molar-refractivity contribution in [1.29, 1.82) is 0 Å². The number of phenols is 2. The molecule has 0 bridgehead atoms. The first-order valence-electron chi connectivity index (χ1n) is 9.95. The summed E-state index contributed by atoms with van der Waals surface area (Å²) in [7, 11) is 3.84. The lowest BCUT2D eigenvalue weighted by atomic mass is 10.2. The topological polar surface area (TPSA) is 40.5 Å². The average Bonchev–Trinajstić information content (AvgIpc) is 2.84. The second kappa shape index (κ2) is 16.1. The van der Waals surface area contributed by atoms with Crippen LogP contribution < -0.4 is 0 Å². The van der Waals surface area contributed by atoms with E-state index in [9.17, 15) is 0 Å². The molecule has 4 aromatic rings. The molecule has 0 atom stereocenters. The van der Waals surface area contributed by atoms with Gasteiger partial charge in [0.2, 0.25) is 0 Å². The Bertz CT molecular complexity index is 1040. The summed E-state index contributed by atoms with van der Waals surface area (Å²) in [6.45, 7) is 0. The van der Waals surface area contributed by atoms with Gasteiger partial charge in [0.1, 0.15) is 11.5 Å². The van der Waals surface area contributed by atoms with Crippen molar-refractivity contribution in [3.8, 4) is 11.5 Å². The number of phenolic OH excluding ortho intramolecular Hbond substituents is 2. The van der Waals surface area contributed by atoms with Gasteiger partial charge in [-0.1, -0.05) is 129 Å². The Morgan fingerprint density at radius 2 is 0.853 bits per heavy atom. The fraction of sp³-hybridized carbons (Fsp3) is 0.0769. The van der Waals surface area contributed by atoms with Crippen LogP contribution in [0.1, 0.15) is 11.1 Å². The monoisotopic (exact) mass is 570 g/mol. The summed E-state index contributed by atoms with van der Waals surface area (Å²) < 4.78 is 0. The molecule has 0 aromatic heterocycles. The minimum absolute atomic E-state index is 0.0565. The van der Waals surface area contributed by atoms with Crippen molar-refractivity contribution in [1.82, 2.24) is 0 Å². The molecule has 2 N–H and O–H groups in total. The van der Waals surface area contributed by atoms with E-state index < -0.39 is 0 Å². The predicted molar refractivity (Wildman–Crippen MR) is 152 cm³/mol. The van der Waals surface area contributed by atoms with Gasteiger partial charge in [0, 0.05) is 21.6 Å². The fourth-order valence-corrected chi connectivity index (χ4v) is 5.29. The first-order valence-corrected chi connectivity index (χ1v) is 14.0. The molecule has 4 rings (SSSR count). The molecule has 0 radical (unpaired) electrons. The maximum Gasteiger partial charge on any atom is 0.134 e. The Hall–Kier alpha value is -1.66. The van der Waals surface area contributed by atoms with Crippen LogP contribution in [0.5, 0.6) is 11.5 Å². The van der Waals surface area contributed by atoms with E-state index in [1.807, 2.05) is 21.6 Å². The third kappa shape index (κ3) is 11.7. The SMILES string of the molecule is Oc1ccc(Cl)cc1Cl.Oc1ccc(Cl)cc1Cl.c1ccc(CSSCc2ccccc2)cc1. The normalized spacial score (nSPS) is 9.88. The lowest BCUT2D eigenvalue weighted by Gasteiger charge is -2.01. The standard InChI is InChI=1S/C14H14S2.2C6H4Cl2O/c1-3-7-13(8-4-1)11-15-16-12-14-9-5-2-6-10-14;2*7-4-1-2-6(9)5(8)3-4/h1-10H,11-12H2;2*1-3,9H. The summed E-state index contributed by atoms with van der Waals surface area (Å²) in [5.41, 5.74) is 2.79. The van der Waals surface area contributed by atoms with Crippen LogP contribution in [0.25, 0.3) is 0 Å².